The van der Waals surface area contributed by atoms with Gasteiger partial charge in [0.2, 0.25) is 0 Å². The predicted molar refractivity (Wildman–Crippen MR) is 130 cm³/mol. The van der Waals surface area contributed by atoms with Gasteiger partial charge in [-0.1, -0.05) is 35.9 Å². The molecule has 0 saturated carbocycles. The van der Waals surface area contributed by atoms with E-state index in [1.54, 1.807) is 13.2 Å². The van der Waals surface area contributed by atoms with Crippen LogP contribution < -0.4 is 19.5 Å². The number of methoxy groups -OCH3 is 1. The molecule has 5 nitrogen and oxygen atoms in total. The van der Waals surface area contributed by atoms with Gasteiger partial charge < -0.3 is 19.5 Å². The van der Waals surface area contributed by atoms with Crippen molar-refractivity contribution < 1.29 is 32.2 Å². The van der Waals surface area contributed by atoms with E-state index in [4.69, 9.17) is 9.47 Å². The SMILES string of the molecule is COc1cc2c(cc1OCCc1cccc(OC(=O)C(F)(F)F)c1)C(c1ccc(C)cc1C)NCC2. The van der Waals surface area contributed by atoms with E-state index in [0.29, 0.717) is 23.5 Å². The summed E-state index contributed by atoms with van der Waals surface area (Å²) >= 11 is 0. The summed E-state index contributed by atoms with van der Waals surface area (Å²) in [5.74, 6) is -1.19. The Morgan fingerprint density at radius 2 is 1.83 bits per heavy atom. The molecule has 8 heteroatoms. The van der Waals surface area contributed by atoms with Gasteiger partial charge in [-0.05, 0) is 72.4 Å². The summed E-state index contributed by atoms with van der Waals surface area (Å²) in [4.78, 5) is 11.1. The Kier molecular flexibility index (Phi) is 7.54. The van der Waals surface area contributed by atoms with Gasteiger partial charge in [-0.25, -0.2) is 4.79 Å². The van der Waals surface area contributed by atoms with Crippen LogP contribution in [0.1, 0.15) is 39.4 Å². The van der Waals surface area contributed by atoms with Gasteiger partial charge >= 0.3 is 12.1 Å². The topological polar surface area (TPSA) is 56.8 Å². The number of nitrogens with one attached hydrogen (secondary N) is 1. The zero-order valence-electron chi connectivity index (χ0n) is 20.4. The number of benzene rings is 3. The van der Waals surface area contributed by atoms with Crippen molar-refractivity contribution in [2.24, 2.45) is 0 Å². The summed E-state index contributed by atoms with van der Waals surface area (Å²) in [6, 6.07) is 16.5. The van der Waals surface area contributed by atoms with E-state index in [9.17, 15) is 18.0 Å². The largest absolute Gasteiger partial charge is 0.493 e. The maximum atomic E-state index is 12.5. The second-order valence-electron chi connectivity index (χ2n) is 8.83. The smallest absolute Gasteiger partial charge is 0.491 e. The average molecular weight is 500 g/mol. The fourth-order valence-corrected chi connectivity index (χ4v) is 4.47. The van der Waals surface area contributed by atoms with Gasteiger partial charge in [-0.3, -0.25) is 0 Å². The first-order valence-electron chi connectivity index (χ1n) is 11.7. The number of fused-ring (bicyclic) bond motifs is 1. The molecule has 0 fully saturated rings. The maximum absolute atomic E-state index is 12.5. The summed E-state index contributed by atoms with van der Waals surface area (Å²) in [7, 11) is 1.59. The second-order valence-corrected chi connectivity index (χ2v) is 8.83. The van der Waals surface area contributed by atoms with Crippen molar-refractivity contribution in [3.05, 3.63) is 88.0 Å². The number of hydrogen-bond donors (Lipinski definition) is 1. The Labute approximate surface area is 208 Å². The Morgan fingerprint density at radius 3 is 2.56 bits per heavy atom. The van der Waals surface area contributed by atoms with Crippen LogP contribution >= 0.6 is 0 Å². The lowest BCUT2D eigenvalue weighted by Crippen LogP contribution is -2.31. The average Bonchev–Trinajstić information content (AvgIpc) is 2.83. The Morgan fingerprint density at radius 1 is 1.03 bits per heavy atom. The molecule has 3 aromatic rings. The lowest BCUT2D eigenvalue weighted by molar-refractivity contribution is -0.189. The minimum absolute atomic E-state index is 0.0302. The van der Waals surface area contributed by atoms with Gasteiger partial charge in [0.1, 0.15) is 5.75 Å². The molecule has 1 unspecified atom stereocenters. The number of esters is 1. The Balaban J connectivity index is 1.51. The molecule has 1 aliphatic rings. The van der Waals surface area contributed by atoms with E-state index in [-0.39, 0.29) is 18.4 Å². The molecule has 1 atom stereocenters. The lowest BCUT2D eigenvalue weighted by Gasteiger charge is -2.30. The third-order valence-corrected chi connectivity index (χ3v) is 6.20. The van der Waals surface area contributed by atoms with Crippen LogP contribution in [0.3, 0.4) is 0 Å². The minimum Gasteiger partial charge on any atom is -0.493 e. The summed E-state index contributed by atoms with van der Waals surface area (Å²) in [5, 5.41) is 3.61. The molecule has 0 spiro atoms. The highest BCUT2D eigenvalue weighted by Crippen LogP contribution is 2.38. The molecule has 1 N–H and O–H groups in total. The molecule has 0 amide bonds. The monoisotopic (exact) mass is 499 g/mol. The fraction of sp³-hybridized carbons (Fsp3) is 0.321. The van der Waals surface area contributed by atoms with Crippen molar-refractivity contribution >= 4 is 5.97 Å². The first-order valence-corrected chi connectivity index (χ1v) is 11.7. The highest BCUT2D eigenvalue weighted by atomic mass is 19.4. The number of alkyl halides is 3. The fourth-order valence-electron chi connectivity index (χ4n) is 4.47. The number of rotatable bonds is 7. The molecule has 190 valence electrons. The third-order valence-electron chi connectivity index (χ3n) is 6.20. The number of aryl methyl sites for hydroxylation is 2. The van der Waals surface area contributed by atoms with Crippen LogP contribution in [0.2, 0.25) is 0 Å². The molecule has 0 aliphatic carbocycles. The number of ether oxygens (including phenoxy) is 3. The Bertz CT molecular complexity index is 1260. The summed E-state index contributed by atoms with van der Waals surface area (Å²) in [5.41, 5.74) is 6.64. The standard InChI is InChI=1S/C28H28F3NO4/c1-17-7-8-22(18(2)13-17)26-23-16-25(24(34-3)15-20(23)9-11-32-26)35-12-10-19-5-4-6-21(14-19)36-27(33)28(29,30)31/h4-8,13-16,26,32H,9-12H2,1-3H3. The van der Waals surface area contributed by atoms with Crippen molar-refractivity contribution in [3.8, 4) is 17.2 Å². The molecule has 1 heterocycles. The van der Waals surface area contributed by atoms with Crippen LogP contribution in [-0.2, 0) is 17.6 Å². The molecule has 36 heavy (non-hydrogen) atoms. The van der Waals surface area contributed by atoms with Gasteiger partial charge in [0.15, 0.2) is 11.5 Å². The zero-order valence-corrected chi connectivity index (χ0v) is 20.4. The highest BCUT2D eigenvalue weighted by Gasteiger charge is 2.41. The van der Waals surface area contributed by atoms with Gasteiger partial charge in [0, 0.05) is 13.0 Å². The van der Waals surface area contributed by atoms with Crippen LogP contribution in [0, 0.1) is 13.8 Å². The van der Waals surface area contributed by atoms with Crippen molar-refractivity contribution in [1.82, 2.24) is 5.32 Å². The molecule has 0 saturated heterocycles. The van der Waals surface area contributed by atoms with E-state index in [1.165, 1.54) is 40.5 Å². The summed E-state index contributed by atoms with van der Waals surface area (Å²) in [6.45, 7) is 5.29. The molecule has 3 aromatic carbocycles. The van der Waals surface area contributed by atoms with Gasteiger partial charge in [-0.15, -0.1) is 0 Å². The number of hydrogen-bond acceptors (Lipinski definition) is 5. The van der Waals surface area contributed by atoms with Crippen LogP contribution in [0.4, 0.5) is 13.2 Å². The molecule has 0 bridgehead atoms. The molecular formula is C28H28F3NO4. The van der Waals surface area contributed by atoms with Crippen LogP contribution in [0.5, 0.6) is 17.2 Å². The van der Waals surface area contributed by atoms with Crippen molar-refractivity contribution in [3.63, 3.8) is 0 Å². The van der Waals surface area contributed by atoms with E-state index in [0.717, 1.165) is 18.5 Å². The van der Waals surface area contributed by atoms with Gasteiger partial charge in [0.05, 0.1) is 19.8 Å². The molecule has 0 radical (unpaired) electrons. The van der Waals surface area contributed by atoms with Gasteiger partial charge in [0.25, 0.3) is 0 Å². The third kappa shape index (κ3) is 5.82. The van der Waals surface area contributed by atoms with Crippen molar-refractivity contribution in [2.45, 2.75) is 38.9 Å². The van der Waals surface area contributed by atoms with E-state index < -0.39 is 12.1 Å². The van der Waals surface area contributed by atoms with Gasteiger partial charge in [-0.2, -0.15) is 13.2 Å². The maximum Gasteiger partial charge on any atom is 0.491 e. The highest BCUT2D eigenvalue weighted by molar-refractivity contribution is 5.78. The van der Waals surface area contributed by atoms with Crippen LogP contribution in [-0.4, -0.2) is 32.4 Å². The minimum atomic E-state index is -5.05. The normalized spacial score (nSPS) is 15.2. The summed E-state index contributed by atoms with van der Waals surface area (Å²) < 4.78 is 53.5. The molecule has 0 aromatic heterocycles. The lowest BCUT2D eigenvalue weighted by atomic mass is 9.87. The number of halogens is 3. The first kappa shape index (κ1) is 25.6. The second kappa shape index (κ2) is 10.6. The molecule has 4 rings (SSSR count). The van der Waals surface area contributed by atoms with Crippen LogP contribution in [0.15, 0.2) is 54.6 Å². The molecule has 1 aliphatic heterocycles. The number of carbonyl (C=O) groups excluding carboxylic acids is 1. The van der Waals surface area contributed by atoms with Crippen LogP contribution in [0.25, 0.3) is 0 Å². The Hall–Kier alpha value is -3.52. The molecular weight excluding hydrogens is 471 g/mol. The van der Waals surface area contributed by atoms with Crippen molar-refractivity contribution in [2.75, 3.05) is 20.3 Å². The first-order chi connectivity index (χ1) is 17.2. The van der Waals surface area contributed by atoms with Crippen molar-refractivity contribution in [1.29, 1.82) is 0 Å². The zero-order chi connectivity index (χ0) is 25.9. The summed E-state index contributed by atoms with van der Waals surface area (Å²) in [6.07, 6.45) is -3.78. The van der Waals surface area contributed by atoms with E-state index in [2.05, 4.69) is 42.1 Å². The predicted octanol–water partition coefficient (Wildman–Crippen LogP) is 5.64. The number of carbonyl (C=O) groups is 1. The van der Waals surface area contributed by atoms with E-state index in [1.807, 2.05) is 12.1 Å². The quantitative estimate of drug-likeness (QED) is 0.337. The van der Waals surface area contributed by atoms with E-state index >= 15 is 0 Å².